The molecule has 24 heavy (non-hydrogen) atoms. The van der Waals surface area contributed by atoms with Crippen LogP contribution in [0.2, 0.25) is 0 Å². The fourth-order valence-corrected chi connectivity index (χ4v) is 3.00. The van der Waals surface area contributed by atoms with Crippen LogP contribution in [-0.4, -0.2) is 35.1 Å². The molecule has 0 saturated heterocycles. The molecule has 0 spiro atoms. The van der Waals surface area contributed by atoms with Crippen LogP contribution in [0, 0.1) is 0 Å². The van der Waals surface area contributed by atoms with E-state index in [0.717, 1.165) is 36.9 Å². The van der Waals surface area contributed by atoms with Gasteiger partial charge in [0.25, 0.3) is 0 Å². The molecule has 1 N–H and O–H groups in total. The van der Waals surface area contributed by atoms with Gasteiger partial charge in [-0.15, -0.1) is 10.2 Å². The topological polar surface area (TPSA) is 61.2 Å². The third kappa shape index (κ3) is 4.13. The van der Waals surface area contributed by atoms with Crippen LogP contribution < -0.4 is 10.1 Å². The van der Waals surface area contributed by atoms with Crippen LogP contribution in [0.15, 0.2) is 24.3 Å². The summed E-state index contributed by atoms with van der Waals surface area (Å²) >= 11 is 0. The van der Waals surface area contributed by atoms with Crippen LogP contribution in [0.25, 0.3) is 0 Å². The second-order valence-electron chi connectivity index (χ2n) is 6.17. The Kier molecular flexibility index (Phi) is 5.82. The van der Waals surface area contributed by atoms with Crippen molar-refractivity contribution in [3.63, 3.8) is 0 Å². The van der Waals surface area contributed by atoms with Crippen molar-refractivity contribution in [1.29, 1.82) is 0 Å². The maximum absolute atomic E-state index is 5.66. The lowest BCUT2D eigenvalue weighted by Crippen LogP contribution is -2.23. The van der Waals surface area contributed by atoms with Gasteiger partial charge < -0.3 is 19.4 Å². The van der Waals surface area contributed by atoms with E-state index in [1.54, 1.807) is 7.11 Å². The molecule has 1 atom stereocenters. The van der Waals surface area contributed by atoms with E-state index in [2.05, 4.69) is 39.1 Å². The van der Waals surface area contributed by atoms with Crippen molar-refractivity contribution in [3.05, 3.63) is 41.5 Å². The van der Waals surface area contributed by atoms with E-state index in [4.69, 9.17) is 9.47 Å². The van der Waals surface area contributed by atoms with Crippen LogP contribution in [0.1, 0.15) is 43.0 Å². The number of aryl methyl sites for hydroxylation is 1. The minimum atomic E-state index is 0.169. The molecule has 130 valence electrons. The third-order valence-electron chi connectivity index (χ3n) is 4.34. The highest BCUT2D eigenvalue weighted by Gasteiger charge is 2.19. The molecule has 0 fully saturated rings. The normalized spacial score (nSPS) is 15.1. The fraction of sp³-hybridized carbons (Fsp3) is 0.556. The fourth-order valence-electron chi connectivity index (χ4n) is 3.00. The molecule has 0 aliphatic carbocycles. The molecule has 2 heterocycles. The Balaban J connectivity index is 1.57. The van der Waals surface area contributed by atoms with Crippen LogP contribution in [0.3, 0.4) is 0 Å². The van der Waals surface area contributed by atoms with Crippen molar-refractivity contribution >= 4 is 0 Å². The highest BCUT2D eigenvalue weighted by molar-refractivity contribution is 5.28. The number of hydrogen-bond donors (Lipinski definition) is 1. The number of hydrogen-bond acceptors (Lipinski definition) is 5. The highest BCUT2D eigenvalue weighted by Crippen LogP contribution is 2.19. The first-order chi connectivity index (χ1) is 11.8. The van der Waals surface area contributed by atoms with E-state index in [1.807, 2.05) is 12.1 Å². The summed E-state index contributed by atoms with van der Waals surface area (Å²) in [7, 11) is 1.67. The van der Waals surface area contributed by atoms with E-state index < -0.39 is 0 Å². The standard InChI is InChI=1S/C18H26N4O2/c1-14(18-21-20-17-8-3-4-9-22(17)18)19-13-15-6-5-7-16(12-15)24-11-10-23-2/h5-7,12,14,19H,3-4,8-11,13H2,1-2H3/t14-/m0/s1. The molecule has 1 aromatic carbocycles. The summed E-state index contributed by atoms with van der Waals surface area (Å²) in [5, 5.41) is 12.3. The van der Waals surface area contributed by atoms with Gasteiger partial charge in [-0.1, -0.05) is 12.1 Å². The summed E-state index contributed by atoms with van der Waals surface area (Å²) in [5.74, 6) is 3.04. The molecular formula is C18H26N4O2. The van der Waals surface area contributed by atoms with Gasteiger partial charge in [0.15, 0.2) is 0 Å². The van der Waals surface area contributed by atoms with Crippen molar-refractivity contribution in [2.75, 3.05) is 20.3 Å². The summed E-state index contributed by atoms with van der Waals surface area (Å²) in [4.78, 5) is 0. The largest absolute Gasteiger partial charge is 0.491 e. The van der Waals surface area contributed by atoms with Crippen molar-refractivity contribution in [2.24, 2.45) is 0 Å². The van der Waals surface area contributed by atoms with Gasteiger partial charge in [-0.25, -0.2) is 0 Å². The Labute approximate surface area is 143 Å². The third-order valence-corrected chi connectivity index (χ3v) is 4.34. The van der Waals surface area contributed by atoms with Gasteiger partial charge in [0.05, 0.1) is 12.6 Å². The number of benzene rings is 1. The maximum atomic E-state index is 5.66. The first kappa shape index (κ1) is 16.9. The van der Waals surface area contributed by atoms with Gasteiger partial charge in [-0.3, -0.25) is 0 Å². The lowest BCUT2D eigenvalue weighted by atomic mass is 10.1. The van der Waals surface area contributed by atoms with Crippen LogP contribution >= 0.6 is 0 Å². The molecule has 0 bridgehead atoms. The molecule has 0 unspecified atom stereocenters. The van der Waals surface area contributed by atoms with E-state index in [-0.39, 0.29) is 6.04 Å². The molecule has 0 amide bonds. The number of nitrogens with zero attached hydrogens (tertiary/aromatic N) is 3. The van der Waals surface area contributed by atoms with Gasteiger partial charge >= 0.3 is 0 Å². The monoisotopic (exact) mass is 330 g/mol. The molecule has 6 nitrogen and oxygen atoms in total. The van der Waals surface area contributed by atoms with E-state index in [0.29, 0.717) is 13.2 Å². The number of nitrogens with one attached hydrogen (secondary N) is 1. The van der Waals surface area contributed by atoms with Crippen LogP contribution in [-0.2, 0) is 24.2 Å². The molecule has 1 aliphatic rings. The minimum Gasteiger partial charge on any atom is -0.491 e. The molecule has 1 aromatic heterocycles. The van der Waals surface area contributed by atoms with Crippen molar-refractivity contribution in [3.8, 4) is 5.75 Å². The Hall–Kier alpha value is -1.92. The van der Waals surface area contributed by atoms with E-state index in [1.165, 1.54) is 18.4 Å². The quantitative estimate of drug-likeness (QED) is 0.754. The molecule has 1 aliphatic heterocycles. The highest BCUT2D eigenvalue weighted by atomic mass is 16.5. The smallest absolute Gasteiger partial charge is 0.149 e. The van der Waals surface area contributed by atoms with Crippen molar-refractivity contribution < 1.29 is 9.47 Å². The molecule has 3 rings (SSSR count). The number of rotatable bonds is 8. The Morgan fingerprint density at radius 1 is 1.25 bits per heavy atom. The van der Waals surface area contributed by atoms with Crippen LogP contribution in [0.5, 0.6) is 5.75 Å². The number of fused-ring (bicyclic) bond motifs is 1. The number of ether oxygens (including phenoxy) is 2. The zero-order valence-corrected chi connectivity index (χ0v) is 14.5. The Bertz CT molecular complexity index is 656. The molecule has 2 aromatic rings. The lowest BCUT2D eigenvalue weighted by molar-refractivity contribution is 0.146. The maximum Gasteiger partial charge on any atom is 0.149 e. The van der Waals surface area contributed by atoms with Gasteiger partial charge in [0, 0.05) is 26.6 Å². The lowest BCUT2D eigenvalue weighted by Gasteiger charge is -2.19. The molecular weight excluding hydrogens is 304 g/mol. The summed E-state index contributed by atoms with van der Waals surface area (Å²) in [6, 6.07) is 8.32. The van der Waals surface area contributed by atoms with Gasteiger partial charge in [0.1, 0.15) is 24.0 Å². The first-order valence-corrected chi connectivity index (χ1v) is 8.64. The zero-order valence-electron chi connectivity index (χ0n) is 14.5. The van der Waals surface area contributed by atoms with Crippen LogP contribution in [0.4, 0.5) is 0 Å². The second kappa shape index (κ2) is 8.26. The summed E-state index contributed by atoms with van der Waals surface area (Å²) < 4.78 is 12.9. The summed E-state index contributed by atoms with van der Waals surface area (Å²) in [6.07, 6.45) is 3.47. The SMILES string of the molecule is COCCOc1cccc(CN[C@@H](C)c2nnc3n2CCCC3)c1. The van der Waals surface area contributed by atoms with Crippen molar-refractivity contribution in [2.45, 2.75) is 45.3 Å². The molecule has 6 heteroatoms. The first-order valence-electron chi connectivity index (χ1n) is 8.64. The predicted molar refractivity (Wildman–Crippen MR) is 92.0 cm³/mol. The Morgan fingerprint density at radius 3 is 3.04 bits per heavy atom. The predicted octanol–water partition coefficient (Wildman–Crippen LogP) is 2.49. The van der Waals surface area contributed by atoms with Gasteiger partial charge in [-0.05, 0) is 37.5 Å². The average molecular weight is 330 g/mol. The zero-order chi connectivity index (χ0) is 16.8. The minimum absolute atomic E-state index is 0.169. The Morgan fingerprint density at radius 2 is 2.17 bits per heavy atom. The average Bonchev–Trinajstić information content (AvgIpc) is 3.04. The second-order valence-corrected chi connectivity index (χ2v) is 6.17. The number of aromatic nitrogens is 3. The van der Waals surface area contributed by atoms with E-state index in [9.17, 15) is 0 Å². The number of methoxy groups -OCH3 is 1. The van der Waals surface area contributed by atoms with E-state index >= 15 is 0 Å². The van der Waals surface area contributed by atoms with Gasteiger partial charge in [0.2, 0.25) is 0 Å². The summed E-state index contributed by atoms with van der Waals surface area (Å²) in [5.41, 5.74) is 1.19. The van der Waals surface area contributed by atoms with Crippen molar-refractivity contribution in [1.82, 2.24) is 20.1 Å². The molecule has 0 radical (unpaired) electrons. The van der Waals surface area contributed by atoms with Gasteiger partial charge in [-0.2, -0.15) is 0 Å². The molecule has 0 saturated carbocycles. The summed E-state index contributed by atoms with van der Waals surface area (Å²) in [6.45, 7) is 5.11.